The SMILES string of the molecule is CCC(C)NC(C#N)C1CCC(C)O1. The van der Waals surface area contributed by atoms with E-state index in [1.807, 2.05) is 0 Å². The molecule has 4 unspecified atom stereocenters. The van der Waals surface area contributed by atoms with Gasteiger partial charge in [-0.2, -0.15) is 5.26 Å². The first-order chi connectivity index (χ1) is 6.67. The lowest BCUT2D eigenvalue weighted by atomic mass is 10.1. The van der Waals surface area contributed by atoms with Gasteiger partial charge in [-0.1, -0.05) is 6.92 Å². The van der Waals surface area contributed by atoms with Crippen molar-refractivity contribution in [2.45, 2.75) is 64.3 Å². The first kappa shape index (κ1) is 11.5. The van der Waals surface area contributed by atoms with Crippen LogP contribution in [0.1, 0.15) is 40.0 Å². The molecule has 0 amide bonds. The van der Waals surface area contributed by atoms with Crippen molar-refractivity contribution < 1.29 is 4.74 Å². The number of hydrogen-bond acceptors (Lipinski definition) is 3. The highest BCUT2D eigenvalue weighted by Gasteiger charge is 2.29. The average molecular weight is 196 g/mol. The molecule has 3 heteroatoms. The highest BCUT2D eigenvalue weighted by atomic mass is 16.5. The van der Waals surface area contributed by atoms with Crippen molar-refractivity contribution in [1.82, 2.24) is 5.32 Å². The molecule has 0 saturated carbocycles. The van der Waals surface area contributed by atoms with E-state index >= 15 is 0 Å². The molecule has 0 aromatic rings. The summed E-state index contributed by atoms with van der Waals surface area (Å²) in [4.78, 5) is 0. The van der Waals surface area contributed by atoms with Gasteiger partial charge in [-0.3, -0.25) is 5.32 Å². The third-order valence-electron chi connectivity index (χ3n) is 2.85. The number of hydrogen-bond donors (Lipinski definition) is 1. The highest BCUT2D eigenvalue weighted by Crippen LogP contribution is 2.21. The predicted octanol–water partition coefficient (Wildman–Crippen LogP) is 1.83. The second-order valence-corrected chi connectivity index (χ2v) is 4.15. The summed E-state index contributed by atoms with van der Waals surface area (Å²) in [5.74, 6) is 0. The molecule has 1 heterocycles. The van der Waals surface area contributed by atoms with E-state index in [1.54, 1.807) is 0 Å². The Labute approximate surface area is 86.4 Å². The van der Waals surface area contributed by atoms with E-state index in [2.05, 4.69) is 32.2 Å². The number of rotatable bonds is 4. The molecular weight excluding hydrogens is 176 g/mol. The topological polar surface area (TPSA) is 45.0 Å². The standard InChI is InChI=1S/C11H20N2O/c1-4-8(2)13-10(7-12)11-6-5-9(3)14-11/h8-11,13H,4-6H2,1-3H3. The summed E-state index contributed by atoms with van der Waals surface area (Å²) >= 11 is 0. The smallest absolute Gasteiger partial charge is 0.122 e. The van der Waals surface area contributed by atoms with E-state index in [4.69, 9.17) is 10.00 Å². The first-order valence-electron chi connectivity index (χ1n) is 5.48. The quantitative estimate of drug-likeness (QED) is 0.746. The van der Waals surface area contributed by atoms with Crippen molar-refractivity contribution in [2.24, 2.45) is 0 Å². The van der Waals surface area contributed by atoms with Gasteiger partial charge in [0.2, 0.25) is 0 Å². The van der Waals surface area contributed by atoms with Crippen molar-refractivity contribution in [3.8, 4) is 6.07 Å². The van der Waals surface area contributed by atoms with Crippen molar-refractivity contribution in [1.29, 1.82) is 5.26 Å². The molecule has 0 aromatic heterocycles. The van der Waals surface area contributed by atoms with Gasteiger partial charge in [0.25, 0.3) is 0 Å². The van der Waals surface area contributed by atoms with Gasteiger partial charge in [0.1, 0.15) is 6.04 Å². The van der Waals surface area contributed by atoms with E-state index in [0.29, 0.717) is 12.1 Å². The maximum Gasteiger partial charge on any atom is 0.122 e. The van der Waals surface area contributed by atoms with Crippen LogP contribution in [0.2, 0.25) is 0 Å². The third-order valence-corrected chi connectivity index (χ3v) is 2.85. The molecule has 1 rings (SSSR count). The fourth-order valence-electron chi connectivity index (χ4n) is 1.73. The van der Waals surface area contributed by atoms with Crippen molar-refractivity contribution in [3.05, 3.63) is 0 Å². The zero-order chi connectivity index (χ0) is 10.6. The molecule has 4 atom stereocenters. The molecule has 14 heavy (non-hydrogen) atoms. The fourth-order valence-corrected chi connectivity index (χ4v) is 1.73. The summed E-state index contributed by atoms with van der Waals surface area (Å²) in [6.45, 7) is 6.28. The largest absolute Gasteiger partial charge is 0.373 e. The molecule has 1 aliphatic rings. The average Bonchev–Trinajstić information content (AvgIpc) is 2.60. The van der Waals surface area contributed by atoms with Crippen LogP contribution in [0.4, 0.5) is 0 Å². The maximum absolute atomic E-state index is 9.02. The van der Waals surface area contributed by atoms with Gasteiger partial charge in [0.15, 0.2) is 0 Å². The molecule has 0 bridgehead atoms. The Hall–Kier alpha value is -0.590. The van der Waals surface area contributed by atoms with Gasteiger partial charge >= 0.3 is 0 Å². The first-order valence-corrected chi connectivity index (χ1v) is 5.48. The number of ether oxygens (including phenoxy) is 1. The minimum atomic E-state index is -0.144. The Kier molecular flexibility index (Phi) is 4.37. The van der Waals surface area contributed by atoms with Gasteiger partial charge in [0, 0.05) is 6.04 Å². The van der Waals surface area contributed by atoms with Crippen molar-refractivity contribution >= 4 is 0 Å². The van der Waals surface area contributed by atoms with Crippen LogP contribution < -0.4 is 5.32 Å². The van der Waals surface area contributed by atoms with E-state index in [1.165, 1.54) is 0 Å². The molecule has 1 saturated heterocycles. The number of nitrogens with one attached hydrogen (secondary N) is 1. The third kappa shape index (κ3) is 2.97. The normalized spacial score (nSPS) is 31.0. The van der Waals surface area contributed by atoms with E-state index in [-0.39, 0.29) is 12.1 Å². The summed E-state index contributed by atoms with van der Waals surface area (Å²) in [7, 11) is 0. The molecule has 1 aliphatic heterocycles. The van der Waals surface area contributed by atoms with Gasteiger partial charge in [-0.05, 0) is 33.1 Å². The molecule has 0 radical (unpaired) electrons. The fraction of sp³-hybridized carbons (Fsp3) is 0.909. The lowest BCUT2D eigenvalue weighted by Gasteiger charge is -2.21. The molecule has 0 aromatic carbocycles. The lowest BCUT2D eigenvalue weighted by molar-refractivity contribution is 0.0412. The molecule has 1 N–H and O–H groups in total. The highest BCUT2D eigenvalue weighted by molar-refractivity contribution is 4.99. The molecule has 0 aliphatic carbocycles. The molecule has 80 valence electrons. The lowest BCUT2D eigenvalue weighted by Crippen LogP contribution is -2.43. The van der Waals surface area contributed by atoms with E-state index in [0.717, 1.165) is 19.3 Å². The van der Waals surface area contributed by atoms with E-state index in [9.17, 15) is 0 Å². The number of nitrogens with zero attached hydrogens (tertiary/aromatic N) is 1. The summed E-state index contributed by atoms with van der Waals surface area (Å²) in [5.41, 5.74) is 0. The Bertz CT molecular complexity index is 212. The van der Waals surface area contributed by atoms with Crippen LogP contribution in [0.5, 0.6) is 0 Å². The van der Waals surface area contributed by atoms with Gasteiger partial charge in [-0.25, -0.2) is 0 Å². The minimum Gasteiger partial charge on any atom is -0.373 e. The van der Waals surface area contributed by atoms with Crippen LogP contribution >= 0.6 is 0 Å². The Morgan fingerprint density at radius 3 is 2.71 bits per heavy atom. The predicted molar refractivity (Wildman–Crippen MR) is 55.9 cm³/mol. The summed E-state index contributed by atoms with van der Waals surface area (Å²) < 4.78 is 5.67. The van der Waals surface area contributed by atoms with Crippen LogP contribution in [0.15, 0.2) is 0 Å². The monoisotopic (exact) mass is 196 g/mol. The van der Waals surface area contributed by atoms with Crippen molar-refractivity contribution in [2.75, 3.05) is 0 Å². The molecular formula is C11H20N2O. The zero-order valence-electron chi connectivity index (χ0n) is 9.29. The second kappa shape index (κ2) is 5.33. The summed E-state index contributed by atoms with van der Waals surface area (Å²) in [6.07, 6.45) is 3.52. The molecule has 3 nitrogen and oxygen atoms in total. The van der Waals surface area contributed by atoms with Crippen LogP contribution in [0, 0.1) is 11.3 Å². The summed E-state index contributed by atoms with van der Waals surface area (Å²) in [6, 6.07) is 2.54. The Balaban J connectivity index is 2.43. The van der Waals surface area contributed by atoms with Crippen LogP contribution in [-0.2, 0) is 4.74 Å². The zero-order valence-corrected chi connectivity index (χ0v) is 9.29. The number of nitriles is 1. The molecule has 0 spiro atoms. The van der Waals surface area contributed by atoms with Gasteiger partial charge in [0.05, 0.1) is 18.3 Å². The Morgan fingerprint density at radius 1 is 1.57 bits per heavy atom. The molecule has 1 fully saturated rings. The van der Waals surface area contributed by atoms with Crippen molar-refractivity contribution in [3.63, 3.8) is 0 Å². The summed E-state index contributed by atoms with van der Waals surface area (Å²) in [5, 5.41) is 12.3. The minimum absolute atomic E-state index is 0.0870. The van der Waals surface area contributed by atoms with Crippen LogP contribution in [-0.4, -0.2) is 24.3 Å². The van der Waals surface area contributed by atoms with Crippen LogP contribution in [0.3, 0.4) is 0 Å². The van der Waals surface area contributed by atoms with E-state index < -0.39 is 0 Å². The van der Waals surface area contributed by atoms with Crippen LogP contribution in [0.25, 0.3) is 0 Å². The maximum atomic E-state index is 9.02. The van der Waals surface area contributed by atoms with Gasteiger partial charge < -0.3 is 4.74 Å². The Morgan fingerprint density at radius 2 is 2.29 bits per heavy atom. The van der Waals surface area contributed by atoms with Gasteiger partial charge in [-0.15, -0.1) is 0 Å². The second-order valence-electron chi connectivity index (χ2n) is 4.15.